The Morgan fingerprint density at radius 3 is 2.03 bits per heavy atom. The highest BCUT2D eigenvalue weighted by Crippen LogP contribution is 2.46. The van der Waals surface area contributed by atoms with E-state index in [0.717, 1.165) is 22.3 Å². The van der Waals surface area contributed by atoms with Gasteiger partial charge in [-0.2, -0.15) is 0 Å². The van der Waals surface area contributed by atoms with Crippen molar-refractivity contribution in [3.05, 3.63) is 124 Å². The average Bonchev–Trinajstić information content (AvgIpc) is 3.26. The largest absolute Gasteiger partial charge is 0.310 e. The van der Waals surface area contributed by atoms with Gasteiger partial charge in [0, 0.05) is 12.1 Å². The van der Waals surface area contributed by atoms with Crippen molar-refractivity contribution in [2.24, 2.45) is 0 Å². The average molecular weight is 453 g/mol. The molecule has 0 spiro atoms. The zero-order valence-corrected chi connectivity index (χ0v) is 18.8. The predicted molar refractivity (Wildman–Crippen MR) is 132 cm³/mol. The minimum absolute atomic E-state index is 0.181. The van der Waals surface area contributed by atoms with Gasteiger partial charge in [-0.3, -0.25) is 9.59 Å². The number of carbonyl (C=O) groups excluding carboxylic acids is 2. The number of benzene rings is 3. The smallest absolute Gasteiger partial charge is 0.261 e. The van der Waals surface area contributed by atoms with Gasteiger partial charge in [0.15, 0.2) is 0 Å². The number of hydrogen-bond acceptors (Lipinski definition) is 2. The van der Waals surface area contributed by atoms with Crippen LogP contribution in [0, 0.1) is 0 Å². The molecular weight excluding hydrogens is 432 g/mol. The molecule has 3 aromatic carbocycles. The molecule has 0 saturated heterocycles. The summed E-state index contributed by atoms with van der Waals surface area (Å²) < 4.78 is 0. The molecule has 0 unspecified atom stereocenters. The molecule has 5 rings (SSSR count). The Kier molecular flexibility index (Phi) is 5.23. The number of halogens is 1. The molecule has 0 aromatic heterocycles. The maximum absolute atomic E-state index is 13.8. The topological polar surface area (TPSA) is 40.6 Å². The van der Waals surface area contributed by atoms with Crippen LogP contribution in [0.5, 0.6) is 0 Å². The normalized spacial score (nSPS) is 15.6. The lowest BCUT2D eigenvalue weighted by Gasteiger charge is -2.23. The molecule has 0 bridgehead atoms. The van der Waals surface area contributed by atoms with Gasteiger partial charge in [-0.15, -0.1) is 0 Å². The summed E-state index contributed by atoms with van der Waals surface area (Å²) in [7, 11) is 1.72. The highest BCUT2D eigenvalue weighted by Gasteiger charge is 2.47. The number of hydrogen-bond donors (Lipinski definition) is 0. The van der Waals surface area contributed by atoms with Gasteiger partial charge in [0.2, 0.25) is 0 Å². The molecule has 0 fully saturated rings. The lowest BCUT2D eigenvalue weighted by Crippen LogP contribution is -2.28. The summed E-state index contributed by atoms with van der Waals surface area (Å²) in [5.74, 6) is -0.369. The molecule has 162 valence electrons. The summed E-state index contributed by atoms with van der Waals surface area (Å²) in [4.78, 5) is 30.6. The molecule has 2 heterocycles. The Morgan fingerprint density at radius 2 is 1.39 bits per heavy atom. The summed E-state index contributed by atoms with van der Waals surface area (Å²) in [6.07, 6.45) is 1.78. The zero-order valence-electron chi connectivity index (χ0n) is 18.1. The lowest BCUT2D eigenvalue weighted by atomic mass is 10.0. The van der Waals surface area contributed by atoms with Crippen molar-refractivity contribution >= 4 is 40.9 Å². The fourth-order valence-corrected chi connectivity index (χ4v) is 4.52. The minimum atomic E-state index is -0.188. The van der Waals surface area contributed by atoms with E-state index in [1.807, 2.05) is 66.7 Å². The van der Waals surface area contributed by atoms with Crippen LogP contribution in [0.3, 0.4) is 0 Å². The summed E-state index contributed by atoms with van der Waals surface area (Å²) >= 11 is 6.12. The number of rotatable bonds is 5. The summed E-state index contributed by atoms with van der Waals surface area (Å²) in [5.41, 5.74) is 5.71. The Balaban J connectivity index is 1.70. The molecule has 4 nitrogen and oxygen atoms in total. The number of fused-ring (bicyclic) bond motifs is 1. The van der Waals surface area contributed by atoms with E-state index in [2.05, 4.69) is 6.58 Å². The number of carbonyl (C=O) groups is 2. The molecule has 2 amide bonds. The van der Waals surface area contributed by atoms with Crippen molar-refractivity contribution in [1.82, 2.24) is 9.80 Å². The van der Waals surface area contributed by atoms with Crippen LogP contribution in [-0.2, 0) is 16.1 Å². The van der Waals surface area contributed by atoms with E-state index < -0.39 is 0 Å². The first-order valence-corrected chi connectivity index (χ1v) is 11.0. The van der Waals surface area contributed by atoms with E-state index in [1.54, 1.807) is 35.1 Å². The van der Waals surface area contributed by atoms with Crippen molar-refractivity contribution in [3.8, 4) is 0 Å². The molecule has 5 heteroatoms. The molecule has 0 aliphatic carbocycles. The van der Waals surface area contributed by atoms with Gasteiger partial charge in [-0.25, -0.2) is 0 Å². The van der Waals surface area contributed by atoms with Gasteiger partial charge in [-0.1, -0.05) is 91.0 Å². The highest BCUT2D eigenvalue weighted by molar-refractivity contribution is 6.31. The summed E-state index contributed by atoms with van der Waals surface area (Å²) in [6, 6.07) is 24.7. The molecule has 33 heavy (non-hydrogen) atoms. The standard InChI is InChI=1S/C28H21ClN2O2/c1-3-18-9-11-19(12-10-18)17-31-26(21-13-15-22(29)16-14-21)24-23(28(31)33)25(30(2)27(24)32)20-7-5-4-6-8-20/h3-16H,1,17H2,2H3. The second-order valence-corrected chi connectivity index (χ2v) is 8.46. The maximum Gasteiger partial charge on any atom is 0.261 e. The van der Waals surface area contributed by atoms with Crippen LogP contribution >= 0.6 is 11.6 Å². The van der Waals surface area contributed by atoms with Crippen molar-refractivity contribution < 1.29 is 9.59 Å². The highest BCUT2D eigenvalue weighted by atomic mass is 35.5. The fraction of sp³-hybridized carbons (Fsp3) is 0.0714. The Morgan fingerprint density at radius 1 is 0.788 bits per heavy atom. The Labute approximate surface area is 197 Å². The SMILES string of the molecule is C=Cc1ccc(CN2C(=O)C3=C(c4ccccc4)N(C)C(=O)C3=C2c2ccc(Cl)cc2)cc1. The molecule has 0 N–H and O–H groups in total. The van der Waals surface area contributed by atoms with Gasteiger partial charge in [0.25, 0.3) is 11.8 Å². The number of likely N-dealkylation sites (N-methyl/N-ethyl adjacent to an activating group) is 1. The Bertz CT molecular complexity index is 1340. The van der Waals surface area contributed by atoms with Crippen molar-refractivity contribution in [2.75, 3.05) is 7.05 Å². The van der Waals surface area contributed by atoms with E-state index in [1.165, 1.54) is 0 Å². The van der Waals surface area contributed by atoms with Crippen LogP contribution in [0.4, 0.5) is 0 Å². The fourth-order valence-electron chi connectivity index (χ4n) is 4.40. The number of nitrogens with zero attached hydrogens (tertiary/aromatic N) is 2. The third-order valence-electron chi connectivity index (χ3n) is 6.03. The molecule has 0 radical (unpaired) electrons. The molecule has 0 saturated carbocycles. The molecule has 3 aromatic rings. The van der Waals surface area contributed by atoms with Crippen LogP contribution in [-0.4, -0.2) is 28.7 Å². The van der Waals surface area contributed by atoms with E-state index in [4.69, 9.17) is 11.6 Å². The third kappa shape index (κ3) is 3.49. The first kappa shape index (κ1) is 21.0. The van der Waals surface area contributed by atoms with Gasteiger partial charge < -0.3 is 9.80 Å². The van der Waals surface area contributed by atoms with Crippen molar-refractivity contribution in [1.29, 1.82) is 0 Å². The molecular formula is C28H21ClN2O2. The van der Waals surface area contributed by atoms with Gasteiger partial charge in [0.05, 0.1) is 29.1 Å². The first-order chi connectivity index (χ1) is 16.0. The number of amides is 2. The zero-order chi connectivity index (χ0) is 23.1. The van der Waals surface area contributed by atoms with Crippen molar-refractivity contribution in [2.45, 2.75) is 6.54 Å². The summed E-state index contributed by atoms with van der Waals surface area (Å²) in [5, 5.41) is 0.593. The van der Waals surface area contributed by atoms with Gasteiger partial charge in [0.1, 0.15) is 0 Å². The third-order valence-corrected chi connectivity index (χ3v) is 6.28. The van der Waals surface area contributed by atoms with E-state index in [9.17, 15) is 9.59 Å². The quantitative estimate of drug-likeness (QED) is 0.504. The van der Waals surface area contributed by atoms with Gasteiger partial charge in [-0.05, 0) is 34.4 Å². The second-order valence-electron chi connectivity index (χ2n) is 8.02. The monoisotopic (exact) mass is 452 g/mol. The minimum Gasteiger partial charge on any atom is -0.310 e. The van der Waals surface area contributed by atoms with Crippen LogP contribution in [0.25, 0.3) is 17.5 Å². The summed E-state index contributed by atoms with van der Waals surface area (Å²) in [6.45, 7) is 4.14. The van der Waals surface area contributed by atoms with Crippen LogP contribution < -0.4 is 0 Å². The van der Waals surface area contributed by atoms with Gasteiger partial charge >= 0.3 is 0 Å². The molecule has 2 aliphatic heterocycles. The Hall–Kier alpha value is -3.89. The second kappa shape index (κ2) is 8.23. The van der Waals surface area contributed by atoms with E-state index >= 15 is 0 Å². The van der Waals surface area contributed by atoms with E-state index in [0.29, 0.717) is 34.1 Å². The first-order valence-electron chi connectivity index (χ1n) is 10.6. The predicted octanol–water partition coefficient (Wildman–Crippen LogP) is 5.62. The van der Waals surface area contributed by atoms with Crippen molar-refractivity contribution in [3.63, 3.8) is 0 Å². The lowest BCUT2D eigenvalue weighted by molar-refractivity contribution is -0.124. The van der Waals surface area contributed by atoms with Crippen LogP contribution in [0.2, 0.25) is 5.02 Å². The molecule has 0 atom stereocenters. The molecule has 2 aliphatic rings. The van der Waals surface area contributed by atoms with E-state index in [-0.39, 0.29) is 11.8 Å². The van der Waals surface area contributed by atoms with Crippen LogP contribution in [0.15, 0.2) is 96.6 Å². The van der Waals surface area contributed by atoms with Crippen LogP contribution in [0.1, 0.15) is 22.3 Å². The maximum atomic E-state index is 13.8.